The molecule has 2 aromatic rings. The Morgan fingerprint density at radius 3 is 2.35 bits per heavy atom. The normalized spacial score (nSPS) is 20.7. The number of rotatable bonds is 3. The maximum atomic E-state index is 13.1. The largest absolute Gasteiger partial charge is 0.481 e. The second-order valence-corrected chi connectivity index (χ2v) is 6.31. The lowest BCUT2D eigenvalue weighted by Crippen LogP contribution is -2.36. The van der Waals surface area contributed by atoms with Crippen LogP contribution in [0, 0.1) is 11.8 Å². The van der Waals surface area contributed by atoms with Crippen LogP contribution in [0.4, 0.5) is 13.2 Å². The highest BCUT2D eigenvalue weighted by Gasteiger charge is 2.53. The zero-order valence-corrected chi connectivity index (χ0v) is 13.7. The smallest absolute Gasteiger partial charge is 0.394 e. The van der Waals surface area contributed by atoms with E-state index in [4.69, 9.17) is 5.11 Å². The van der Waals surface area contributed by atoms with Gasteiger partial charge in [-0.25, -0.2) is 4.79 Å². The summed E-state index contributed by atoms with van der Waals surface area (Å²) in [6.45, 7) is -1.70. The molecular weight excluding hydrogens is 355 g/mol. The van der Waals surface area contributed by atoms with Crippen molar-refractivity contribution >= 4 is 22.9 Å². The summed E-state index contributed by atoms with van der Waals surface area (Å²) >= 11 is 0. The van der Waals surface area contributed by atoms with Crippen molar-refractivity contribution in [2.45, 2.75) is 12.7 Å². The number of hydrogen-bond acceptors (Lipinski definition) is 3. The topological polar surface area (TPSA) is 84.5 Å². The molecule has 1 aromatic heterocycles. The Bertz CT molecular complexity index is 931. The number of hydrogen-bond donors (Lipinski definition) is 1. The van der Waals surface area contributed by atoms with Crippen LogP contribution >= 0.6 is 0 Å². The highest BCUT2D eigenvalue weighted by atomic mass is 19.4. The van der Waals surface area contributed by atoms with Gasteiger partial charge in [0.25, 0.3) is 0 Å². The molecule has 140 valence electrons. The number of aromatic nitrogens is 2. The van der Waals surface area contributed by atoms with Gasteiger partial charge in [-0.05, 0) is 12.1 Å². The van der Waals surface area contributed by atoms with Crippen LogP contribution in [0.25, 0.3) is 11.0 Å². The molecule has 0 aliphatic carbocycles. The van der Waals surface area contributed by atoms with E-state index in [1.165, 1.54) is 16.2 Å². The molecular formula is C16H16F3N3O4. The number of carbonyl (C=O) groups excluding carboxylic acids is 1. The molecule has 3 rings (SSSR count). The number of aliphatic carboxylic acids is 1. The van der Waals surface area contributed by atoms with Gasteiger partial charge >= 0.3 is 17.8 Å². The van der Waals surface area contributed by atoms with Crippen molar-refractivity contribution in [2.24, 2.45) is 18.9 Å². The average molecular weight is 371 g/mol. The van der Waals surface area contributed by atoms with Gasteiger partial charge in [0.15, 0.2) is 0 Å². The van der Waals surface area contributed by atoms with Crippen molar-refractivity contribution in [1.29, 1.82) is 0 Å². The number of amides is 1. The first kappa shape index (κ1) is 18.0. The predicted molar refractivity (Wildman–Crippen MR) is 84.4 cm³/mol. The van der Waals surface area contributed by atoms with Crippen LogP contribution in [0.3, 0.4) is 0 Å². The molecule has 0 unspecified atom stereocenters. The number of nitrogens with zero attached hydrogens (tertiary/aromatic N) is 3. The Morgan fingerprint density at radius 1 is 1.19 bits per heavy atom. The fourth-order valence-electron chi connectivity index (χ4n) is 3.34. The Morgan fingerprint density at radius 2 is 1.81 bits per heavy atom. The number of aryl methyl sites for hydroxylation is 1. The van der Waals surface area contributed by atoms with E-state index < -0.39 is 55.2 Å². The molecule has 1 aliphatic heterocycles. The molecule has 10 heteroatoms. The van der Waals surface area contributed by atoms with E-state index in [2.05, 4.69) is 0 Å². The summed E-state index contributed by atoms with van der Waals surface area (Å²) in [5.74, 6) is -6.14. The fraction of sp³-hybridized carbons (Fsp3) is 0.438. The summed E-state index contributed by atoms with van der Waals surface area (Å²) in [7, 11) is 1.53. The maximum Gasteiger partial charge on any atom is 0.394 e. The summed E-state index contributed by atoms with van der Waals surface area (Å²) in [5.41, 5.74) is 0.596. The number of para-hydroxylation sites is 2. The second-order valence-electron chi connectivity index (χ2n) is 6.31. The highest BCUT2D eigenvalue weighted by Crippen LogP contribution is 2.37. The van der Waals surface area contributed by atoms with Crippen molar-refractivity contribution in [3.63, 3.8) is 0 Å². The predicted octanol–water partition coefficient (Wildman–Crippen LogP) is 1.06. The Labute approximate surface area is 145 Å². The molecule has 1 aliphatic rings. The molecule has 1 fully saturated rings. The molecule has 0 saturated carbocycles. The first-order valence-electron chi connectivity index (χ1n) is 7.82. The molecule has 7 nitrogen and oxygen atoms in total. The number of fused-ring (bicyclic) bond motifs is 1. The van der Waals surface area contributed by atoms with Crippen LogP contribution in [0.5, 0.6) is 0 Å². The number of carboxylic acids is 1. The van der Waals surface area contributed by atoms with Crippen molar-refractivity contribution < 1.29 is 27.9 Å². The van der Waals surface area contributed by atoms with Crippen molar-refractivity contribution in [2.75, 3.05) is 13.1 Å². The van der Waals surface area contributed by atoms with Gasteiger partial charge in [-0.3, -0.25) is 18.7 Å². The van der Waals surface area contributed by atoms with E-state index in [0.717, 1.165) is 4.90 Å². The third-order valence-corrected chi connectivity index (χ3v) is 4.76. The zero-order valence-electron chi connectivity index (χ0n) is 13.7. The minimum atomic E-state index is -4.71. The van der Waals surface area contributed by atoms with Gasteiger partial charge in [-0.15, -0.1) is 0 Å². The quantitative estimate of drug-likeness (QED) is 0.875. The van der Waals surface area contributed by atoms with Gasteiger partial charge in [0.2, 0.25) is 5.91 Å². The molecule has 2 atom stereocenters. The maximum absolute atomic E-state index is 13.1. The van der Waals surface area contributed by atoms with Crippen LogP contribution in [0.15, 0.2) is 29.1 Å². The molecule has 0 radical (unpaired) electrons. The number of halogens is 3. The van der Waals surface area contributed by atoms with E-state index in [1.54, 1.807) is 24.3 Å². The molecule has 0 bridgehead atoms. The number of carboxylic acid groups (broad SMARTS) is 1. The Hall–Kier alpha value is -2.78. The average Bonchev–Trinajstić information content (AvgIpc) is 3.12. The lowest BCUT2D eigenvalue weighted by Gasteiger charge is -2.18. The van der Waals surface area contributed by atoms with E-state index in [9.17, 15) is 27.6 Å². The highest BCUT2D eigenvalue weighted by molar-refractivity contribution is 5.82. The lowest BCUT2D eigenvalue weighted by atomic mass is 9.96. The Balaban J connectivity index is 1.87. The van der Waals surface area contributed by atoms with E-state index in [-0.39, 0.29) is 0 Å². The SMILES string of the molecule is Cn1c(=O)n(CC(=O)N2C[C@@H](C(F)(F)F)[C@H](C(=O)O)C2)c2ccccc21. The summed E-state index contributed by atoms with van der Waals surface area (Å²) in [6, 6.07) is 6.72. The first-order valence-corrected chi connectivity index (χ1v) is 7.82. The number of benzene rings is 1. The minimum Gasteiger partial charge on any atom is -0.481 e. The molecule has 26 heavy (non-hydrogen) atoms. The van der Waals surface area contributed by atoms with Crippen molar-refractivity contribution in [3.05, 3.63) is 34.7 Å². The van der Waals surface area contributed by atoms with Crippen LogP contribution < -0.4 is 5.69 Å². The van der Waals surface area contributed by atoms with Gasteiger partial charge in [0.05, 0.1) is 22.9 Å². The molecule has 1 aromatic carbocycles. The summed E-state index contributed by atoms with van der Waals surface area (Å²) in [5, 5.41) is 9.03. The summed E-state index contributed by atoms with van der Waals surface area (Å²) < 4.78 is 41.7. The number of alkyl halides is 3. The first-order chi connectivity index (χ1) is 12.1. The zero-order chi connectivity index (χ0) is 19.2. The summed E-state index contributed by atoms with van der Waals surface area (Å²) in [6.07, 6.45) is -4.71. The van der Waals surface area contributed by atoms with Crippen LogP contribution in [-0.2, 0) is 23.2 Å². The number of likely N-dealkylation sites (tertiary alicyclic amines) is 1. The van der Waals surface area contributed by atoms with E-state index >= 15 is 0 Å². The number of carbonyl (C=O) groups is 2. The van der Waals surface area contributed by atoms with Crippen LogP contribution in [0.1, 0.15) is 0 Å². The van der Waals surface area contributed by atoms with Gasteiger partial charge < -0.3 is 10.0 Å². The molecule has 1 N–H and O–H groups in total. The van der Waals surface area contributed by atoms with Gasteiger partial charge in [-0.1, -0.05) is 12.1 Å². The second kappa shape index (κ2) is 6.19. The van der Waals surface area contributed by atoms with Crippen molar-refractivity contribution in [3.8, 4) is 0 Å². The minimum absolute atomic E-state index is 0.447. The third-order valence-electron chi connectivity index (χ3n) is 4.76. The van der Waals surface area contributed by atoms with Crippen LogP contribution in [-0.4, -0.2) is 50.3 Å². The van der Waals surface area contributed by atoms with Crippen LogP contribution in [0.2, 0.25) is 0 Å². The number of imidazole rings is 1. The van der Waals surface area contributed by atoms with Gasteiger partial charge in [-0.2, -0.15) is 13.2 Å². The lowest BCUT2D eigenvalue weighted by molar-refractivity contribution is -0.188. The van der Waals surface area contributed by atoms with E-state index in [1.807, 2.05) is 0 Å². The molecule has 2 heterocycles. The molecule has 0 spiro atoms. The summed E-state index contributed by atoms with van der Waals surface area (Å²) in [4.78, 5) is 36.8. The van der Waals surface area contributed by atoms with Gasteiger partial charge in [0.1, 0.15) is 6.54 Å². The molecule has 1 saturated heterocycles. The molecule has 1 amide bonds. The standard InChI is InChI=1S/C16H16F3N3O4/c1-20-11-4-2-3-5-12(11)22(15(20)26)8-13(23)21-6-9(14(24)25)10(7-21)16(17,18)19/h2-5,9-10H,6-8H2,1H3,(H,24,25)/t9-,10-/m1/s1. The Kier molecular flexibility index (Phi) is 4.29. The monoisotopic (exact) mass is 371 g/mol. The third kappa shape index (κ3) is 2.95. The van der Waals surface area contributed by atoms with Crippen molar-refractivity contribution in [1.82, 2.24) is 14.0 Å². The van der Waals surface area contributed by atoms with Gasteiger partial charge in [0, 0.05) is 20.1 Å². The van der Waals surface area contributed by atoms with E-state index in [0.29, 0.717) is 11.0 Å². The fourth-order valence-corrected chi connectivity index (χ4v) is 3.34.